The molecule has 152 valence electrons. The largest absolute Gasteiger partial charge is 0.454 e. The third-order valence-electron chi connectivity index (χ3n) is 5.89. The van der Waals surface area contributed by atoms with Crippen molar-refractivity contribution in [3.05, 3.63) is 82.0 Å². The van der Waals surface area contributed by atoms with Gasteiger partial charge in [0.05, 0.1) is 5.41 Å². The fourth-order valence-corrected chi connectivity index (χ4v) is 4.10. The standard InChI is InChI=1S/C24H21ClN2O3/c1-15-16(12-17-4-2-3-5-19(17)25)6-9-22(26-15)27-23(28)24(10-11-24)18-7-8-20-21(13-18)30-14-29-20/h2-9,13H,10-12,14H2,1H3,(H,26,27,28). The van der Waals surface area contributed by atoms with E-state index in [1.807, 2.05) is 61.5 Å². The van der Waals surface area contributed by atoms with Crippen molar-refractivity contribution in [2.24, 2.45) is 0 Å². The van der Waals surface area contributed by atoms with Gasteiger partial charge < -0.3 is 14.8 Å². The number of aryl methyl sites for hydroxylation is 1. The maximum atomic E-state index is 13.1. The molecular weight excluding hydrogens is 400 g/mol. The van der Waals surface area contributed by atoms with Gasteiger partial charge in [0.1, 0.15) is 5.82 Å². The Balaban J connectivity index is 1.33. The lowest BCUT2D eigenvalue weighted by Gasteiger charge is -2.17. The van der Waals surface area contributed by atoms with E-state index in [1.54, 1.807) is 0 Å². The molecule has 2 heterocycles. The molecule has 1 amide bonds. The zero-order chi connectivity index (χ0) is 20.7. The molecule has 0 radical (unpaired) electrons. The van der Waals surface area contributed by atoms with Crippen LogP contribution in [0, 0.1) is 6.92 Å². The number of benzene rings is 2. The van der Waals surface area contributed by atoms with E-state index in [-0.39, 0.29) is 12.7 Å². The fourth-order valence-electron chi connectivity index (χ4n) is 3.90. The van der Waals surface area contributed by atoms with Gasteiger partial charge in [-0.25, -0.2) is 4.98 Å². The number of ether oxygens (including phenoxy) is 2. The fraction of sp³-hybridized carbons (Fsp3) is 0.250. The summed E-state index contributed by atoms with van der Waals surface area (Å²) in [7, 11) is 0. The number of aromatic nitrogens is 1. The molecule has 0 atom stereocenters. The van der Waals surface area contributed by atoms with Gasteiger partial charge in [0.15, 0.2) is 11.5 Å². The number of nitrogens with one attached hydrogen (secondary N) is 1. The molecule has 3 aromatic rings. The van der Waals surface area contributed by atoms with Crippen LogP contribution in [0.1, 0.15) is 35.2 Å². The Bertz CT molecular complexity index is 1140. The van der Waals surface area contributed by atoms with E-state index in [2.05, 4.69) is 10.3 Å². The zero-order valence-corrected chi connectivity index (χ0v) is 17.3. The number of hydrogen-bond acceptors (Lipinski definition) is 4. The Kier molecular flexibility index (Phi) is 4.63. The van der Waals surface area contributed by atoms with Gasteiger partial charge in [0, 0.05) is 17.1 Å². The highest BCUT2D eigenvalue weighted by molar-refractivity contribution is 6.31. The lowest BCUT2D eigenvalue weighted by atomic mass is 9.94. The number of amides is 1. The van der Waals surface area contributed by atoms with Gasteiger partial charge in [-0.1, -0.05) is 41.9 Å². The van der Waals surface area contributed by atoms with Gasteiger partial charge in [0.2, 0.25) is 12.7 Å². The van der Waals surface area contributed by atoms with E-state index in [0.29, 0.717) is 18.0 Å². The molecule has 2 aliphatic rings. The highest BCUT2D eigenvalue weighted by atomic mass is 35.5. The zero-order valence-electron chi connectivity index (χ0n) is 16.6. The van der Waals surface area contributed by atoms with Crippen LogP contribution >= 0.6 is 11.6 Å². The second-order valence-electron chi connectivity index (χ2n) is 7.81. The van der Waals surface area contributed by atoms with E-state index in [9.17, 15) is 4.79 Å². The summed E-state index contributed by atoms with van der Waals surface area (Å²) in [5.74, 6) is 1.95. The van der Waals surface area contributed by atoms with Gasteiger partial charge >= 0.3 is 0 Å². The Labute approximate surface area is 180 Å². The van der Waals surface area contributed by atoms with Crippen molar-refractivity contribution in [3.63, 3.8) is 0 Å². The van der Waals surface area contributed by atoms with Crippen molar-refractivity contribution in [1.82, 2.24) is 4.98 Å². The van der Waals surface area contributed by atoms with Crippen LogP contribution in [0.5, 0.6) is 11.5 Å². The highest BCUT2D eigenvalue weighted by Crippen LogP contribution is 2.51. The molecule has 1 aliphatic carbocycles. The quantitative estimate of drug-likeness (QED) is 0.628. The van der Waals surface area contributed by atoms with Crippen molar-refractivity contribution >= 4 is 23.3 Å². The predicted octanol–water partition coefficient (Wildman–Crippen LogP) is 5.03. The normalized spacial score (nSPS) is 15.7. The van der Waals surface area contributed by atoms with Crippen molar-refractivity contribution < 1.29 is 14.3 Å². The number of nitrogens with zero attached hydrogens (tertiary/aromatic N) is 1. The molecule has 1 aromatic heterocycles. The van der Waals surface area contributed by atoms with E-state index in [0.717, 1.165) is 46.0 Å². The van der Waals surface area contributed by atoms with Crippen LogP contribution < -0.4 is 14.8 Å². The molecule has 1 N–H and O–H groups in total. The Hall–Kier alpha value is -3.05. The molecule has 0 spiro atoms. The summed E-state index contributed by atoms with van der Waals surface area (Å²) in [6.07, 6.45) is 2.32. The molecular formula is C24H21ClN2O3. The lowest BCUT2D eigenvalue weighted by molar-refractivity contribution is -0.118. The van der Waals surface area contributed by atoms with Crippen molar-refractivity contribution in [3.8, 4) is 11.5 Å². The summed E-state index contributed by atoms with van der Waals surface area (Å²) in [4.78, 5) is 17.7. The monoisotopic (exact) mass is 420 g/mol. The van der Waals surface area contributed by atoms with Crippen LogP contribution in [0.4, 0.5) is 5.82 Å². The number of carbonyl (C=O) groups is 1. The maximum Gasteiger partial charge on any atom is 0.236 e. The van der Waals surface area contributed by atoms with Crippen LogP contribution in [0.15, 0.2) is 54.6 Å². The summed E-state index contributed by atoms with van der Waals surface area (Å²) < 4.78 is 10.8. The van der Waals surface area contributed by atoms with Crippen molar-refractivity contribution in [2.45, 2.75) is 31.6 Å². The molecule has 30 heavy (non-hydrogen) atoms. The Morgan fingerprint density at radius 3 is 2.63 bits per heavy atom. The summed E-state index contributed by atoms with van der Waals surface area (Å²) in [5.41, 5.74) is 3.45. The number of hydrogen-bond donors (Lipinski definition) is 1. The Morgan fingerprint density at radius 2 is 1.87 bits per heavy atom. The van der Waals surface area contributed by atoms with Crippen LogP contribution in [-0.4, -0.2) is 17.7 Å². The van der Waals surface area contributed by atoms with E-state index in [4.69, 9.17) is 21.1 Å². The summed E-state index contributed by atoms with van der Waals surface area (Å²) >= 11 is 6.28. The molecule has 5 nitrogen and oxygen atoms in total. The van der Waals surface area contributed by atoms with Crippen LogP contribution in [0.3, 0.4) is 0 Å². The molecule has 1 saturated carbocycles. The maximum absolute atomic E-state index is 13.1. The first kappa shape index (κ1) is 18.9. The first-order valence-corrected chi connectivity index (χ1v) is 10.3. The molecule has 0 bridgehead atoms. The number of anilines is 1. The van der Waals surface area contributed by atoms with Gasteiger partial charge in [-0.05, 0) is 60.7 Å². The number of rotatable bonds is 5. The topological polar surface area (TPSA) is 60.5 Å². The number of pyridine rings is 1. The third kappa shape index (κ3) is 3.39. The van der Waals surface area contributed by atoms with Crippen LogP contribution in [0.25, 0.3) is 0 Å². The summed E-state index contributed by atoms with van der Waals surface area (Å²) in [6, 6.07) is 17.4. The predicted molar refractivity (Wildman–Crippen MR) is 115 cm³/mol. The Morgan fingerprint density at radius 1 is 1.07 bits per heavy atom. The lowest BCUT2D eigenvalue weighted by Crippen LogP contribution is -2.28. The van der Waals surface area contributed by atoms with Gasteiger partial charge in [-0.2, -0.15) is 0 Å². The van der Waals surface area contributed by atoms with E-state index >= 15 is 0 Å². The van der Waals surface area contributed by atoms with E-state index in [1.165, 1.54) is 0 Å². The number of carbonyl (C=O) groups excluding carboxylic acids is 1. The molecule has 6 heteroatoms. The van der Waals surface area contributed by atoms with Gasteiger partial charge in [0.25, 0.3) is 0 Å². The van der Waals surface area contributed by atoms with Crippen molar-refractivity contribution in [1.29, 1.82) is 0 Å². The second-order valence-corrected chi connectivity index (χ2v) is 8.22. The van der Waals surface area contributed by atoms with Crippen LogP contribution in [-0.2, 0) is 16.6 Å². The van der Waals surface area contributed by atoms with Crippen molar-refractivity contribution in [2.75, 3.05) is 12.1 Å². The third-order valence-corrected chi connectivity index (χ3v) is 6.25. The summed E-state index contributed by atoms with van der Waals surface area (Å²) in [5, 5.41) is 3.75. The highest BCUT2D eigenvalue weighted by Gasteiger charge is 2.51. The summed E-state index contributed by atoms with van der Waals surface area (Å²) in [6.45, 7) is 2.17. The SMILES string of the molecule is Cc1nc(NC(=O)C2(c3ccc4c(c3)OCO4)CC2)ccc1Cc1ccccc1Cl. The molecule has 0 saturated heterocycles. The first-order valence-electron chi connectivity index (χ1n) is 9.97. The number of halogens is 1. The second kappa shape index (κ2) is 7.33. The molecule has 1 fully saturated rings. The molecule has 2 aromatic carbocycles. The van der Waals surface area contributed by atoms with Gasteiger partial charge in [-0.3, -0.25) is 4.79 Å². The van der Waals surface area contributed by atoms with Crippen LogP contribution in [0.2, 0.25) is 5.02 Å². The minimum absolute atomic E-state index is 0.0351. The van der Waals surface area contributed by atoms with E-state index < -0.39 is 5.41 Å². The minimum Gasteiger partial charge on any atom is -0.454 e. The molecule has 5 rings (SSSR count). The molecule has 1 aliphatic heterocycles. The average Bonchev–Trinajstić information content (AvgIpc) is 3.42. The molecule has 0 unspecified atom stereocenters. The number of fused-ring (bicyclic) bond motifs is 1. The minimum atomic E-state index is -0.521. The average molecular weight is 421 g/mol. The smallest absolute Gasteiger partial charge is 0.236 e. The van der Waals surface area contributed by atoms with Gasteiger partial charge in [-0.15, -0.1) is 0 Å². The first-order chi connectivity index (χ1) is 14.5.